The molecule has 4 nitrogen and oxygen atoms in total. The molecule has 1 aliphatic carbocycles. The summed E-state index contributed by atoms with van der Waals surface area (Å²) in [6.07, 6.45) is 4.64. The van der Waals surface area contributed by atoms with Crippen LogP contribution in [0.2, 0.25) is 0 Å². The normalized spacial score (nSPS) is 15.3. The van der Waals surface area contributed by atoms with Crippen LogP contribution < -0.4 is 5.32 Å². The van der Waals surface area contributed by atoms with Crippen molar-refractivity contribution in [3.63, 3.8) is 0 Å². The molecule has 26 heavy (non-hydrogen) atoms. The number of halogens is 1. The molecule has 0 spiro atoms. The van der Waals surface area contributed by atoms with E-state index in [2.05, 4.69) is 26.3 Å². The number of rotatable bonds is 3. The second-order valence-corrected chi connectivity index (χ2v) is 8.57. The highest BCUT2D eigenvalue weighted by Crippen LogP contribution is 2.37. The summed E-state index contributed by atoms with van der Waals surface area (Å²) in [6, 6.07) is 8.91. The summed E-state index contributed by atoms with van der Waals surface area (Å²) in [5, 5.41) is 5.48. The Labute approximate surface area is 157 Å². The Morgan fingerprint density at radius 3 is 2.88 bits per heavy atom. The predicted octanol–water partition coefficient (Wildman–Crippen LogP) is 5.82. The molecule has 0 bridgehead atoms. The number of thiophene rings is 1. The first kappa shape index (κ1) is 16.0. The highest BCUT2D eigenvalue weighted by molar-refractivity contribution is 7.22. The van der Waals surface area contributed by atoms with Crippen LogP contribution in [0, 0.1) is 5.82 Å². The number of hydrogen-bond donors (Lipinski definition) is 1. The minimum absolute atomic E-state index is 0.153. The number of aromatic nitrogens is 2. The van der Waals surface area contributed by atoms with Crippen LogP contribution in [0.3, 0.4) is 0 Å². The van der Waals surface area contributed by atoms with E-state index in [0.717, 1.165) is 27.8 Å². The molecule has 1 saturated carbocycles. The lowest BCUT2D eigenvalue weighted by atomic mass is 10.2. The summed E-state index contributed by atoms with van der Waals surface area (Å²) in [5.41, 5.74) is 2.52. The molecular formula is C19H16FN3OS2. The summed E-state index contributed by atoms with van der Waals surface area (Å²) in [7, 11) is 0. The number of thiazole rings is 1. The minimum Gasteiger partial charge on any atom is -0.333 e. The Morgan fingerprint density at radius 2 is 2.04 bits per heavy atom. The van der Waals surface area contributed by atoms with Gasteiger partial charge in [-0.1, -0.05) is 24.2 Å². The number of hydrogen-bond acceptors (Lipinski definition) is 4. The molecule has 1 fully saturated rings. The lowest BCUT2D eigenvalue weighted by Gasteiger charge is -2.16. The van der Waals surface area contributed by atoms with Crippen molar-refractivity contribution in [1.82, 2.24) is 9.55 Å². The second-order valence-electron chi connectivity index (χ2n) is 6.59. The average molecular weight is 385 g/mol. The SMILES string of the molecule is O=C(Nc1nc2ccc(F)cc2s1)c1cc2sccc2n1C1CCCC1. The van der Waals surface area contributed by atoms with Gasteiger partial charge in [0.05, 0.1) is 20.4 Å². The van der Waals surface area contributed by atoms with Crippen LogP contribution in [-0.2, 0) is 0 Å². The van der Waals surface area contributed by atoms with Crippen molar-refractivity contribution in [2.45, 2.75) is 31.7 Å². The van der Waals surface area contributed by atoms with Crippen LogP contribution in [-0.4, -0.2) is 15.5 Å². The summed E-state index contributed by atoms with van der Waals surface area (Å²) < 4.78 is 17.4. The number of carbonyl (C=O) groups excluding carboxylic acids is 1. The second kappa shape index (κ2) is 6.17. The van der Waals surface area contributed by atoms with Gasteiger partial charge >= 0.3 is 0 Å². The van der Waals surface area contributed by atoms with Crippen molar-refractivity contribution in [3.05, 3.63) is 47.2 Å². The summed E-state index contributed by atoms with van der Waals surface area (Å²) in [6.45, 7) is 0. The van der Waals surface area contributed by atoms with Gasteiger partial charge in [-0.25, -0.2) is 9.37 Å². The van der Waals surface area contributed by atoms with Crippen LogP contribution in [0.1, 0.15) is 42.2 Å². The van der Waals surface area contributed by atoms with Gasteiger partial charge in [-0.3, -0.25) is 10.1 Å². The average Bonchev–Trinajstić information content (AvgIpc) is 3.37. The van der Waals surface area contributed by atoms with Crippen molar-refractivity contribution >= 4 is 54.1 Å². The zero-order chi connectivity index (χ0) is 17.7. The van der Waals surface area contributed by atoms with E-state index in [9.17, 15) is 9.18 Å². The molecule has 0 radical (unpaired) electrons. The zero-order valence-corrected chi connectivity index (χ0v) is 15.5. The largest absolute Gasteiger partial charge is 0.333 e. The Balaban J connectivity index is 1.51. The van der Waals surface area contributed by atoms with E-state index < -0.39 is 0 Å². The summed E-state index contributed by atoms with van der Waals surface area (Å²) in [5.74, 6) is -0.450. The highest BCUT2D eigenvalue weighted by Gasteiger charge is 2.25. The van der Waals surface area contributed by atoms with Crippen molar-refractivity contribution in [1.29, 1.82) is 0 Å². The van der Waals surface area contributed by atoms with Crippen LogP contribution in [0.15, 0.2) is 35.7 Å². The van der Waals surface area contributed by atoms with Crippen LogP contribution >= 0.6 is 22.7 Å². The van der Waals surface area contributed by atoms with Crippen molar-refractivity contribution in [2.24, 2.45) is 0 Å². The van der Waals surface area contributed by atoms with E-state index in [4.69, 9.17) is 0 Å². The van der Waals surface area contributed by atoms with Gasteiger partial charge in [0.15, 0.2) is 5.13 Å². The van der Waals surface area contributed by atoms with E-state index in [1.165, 1.54) is 36.3 Å². The smallest absolute Gasteiger partial charge is 0.274 e. The van der Waals surface area contributed by atoms with E-state index in [1.807, 2.05) is 6.07 Å². The number of nitrogens with one attached hydrogen (secondary N) is 1. The molecule has 0 saturated heterocycles. The van der Waals surface area contributed by atoms with E-state index >= 15 is 0 Å². The molecule has 1 aliphatic rings. The van der Waals surface area contributed by atoms with Gasteiger partial charge in [0, 0.05) is 6.04 Å². The predicted molar refractivity (Wildman–Crippen MR) is 105 cm³/mol. The molecule has 4 aromatic rings. The summed E-state index contributed by atoms with van der Waals surface area (Å²) in [4.78, 5) is 17.4. The number of benzene rings is 1. The van der Waals surface area contributed by atoms with E-state index in [0.29, 0.717) is 22.4 Å². The number of nitrogens with zero attached hydrogens (tertiary/aromatic N) is 2. The third kappa shape index (κ3) is 2.62. The lowest BCUT2D eigenvalue weighted by Crippen LogP contribution is -2.19. The van der Waals surface area contributed by atoms with E-state index in [1.54, 1.807) is 17.4 Å². The van der Waals surface area contributed by atoms with Crippen LogP contribution in [0.5, 0.6) is 0 Å². The quantitative estimate of drug-likeness (QED) is 0.483. The maximum Gasteiger partial charge on any atom is 0.274 e. The van der Waals surface area contributed by atoms with Crippen molar-refractivity contribution < 1.29 is 9.18 Å². The first-order valence-corrected chi connectivity index (χ1v) is 10.3. The molecule has 5 rings (SSSR count). The van der Waals surface area contributed by atoms with Crippen LogP contribution in [0.25, 0.3) is 20.4 Å². The monoisotopic (exact) mass is 385 g/mol. The molecule has 3 heterocycles. The molecular weight excluding hydrogens is 369 g/mol. The highest BCUT2D eigenvalue weighted by atomic mass is 32.1. The third-order valence-corrected chi connectivity index (χ3v) is 6.74. The summed E-state index contributed by atoms with van der Waals surface area (Å²) >= 11 is 2.95. The van der Waals surface area contributed by atoms with Gasteiger partial charge in [-0.05, 0) is 48.6 Å². The third-order valence-electron chi connectivity index (χ3n) is 4.95. The fraction of sp³-hybridized carbons (Fsp3) is 0.263. The standard InChI is InChI=1S/C19H16FN3OS2/c20-11-5-6-13-16(9-11)26-19(21-13)22-18(24)15-10-17-14(7-8-25-17)23(15)12-3-1-2-4-12/h5-10,12H,1-4H2,(H,21,22,24). The number of carbonyl (C=O) groups is 1. The van der Waals surface area contributed by atoms with Gasteiger partial charge in [0.2, 0.25) is 0 Å². The first-order valence-electron chi connectivity index (χ1n) is 8.65. The van der Waals surface area contributed by atoms with Gasteiger partial charge in [-0.2, -0.15) is 0 Å². The van der Waals surface area contributed by atoms with Crippen molar-refractivity contribution in [2.75, 3.05) is 5.32 Å². The molecule has 0 unspecified atom stereocenters. The Hall–Kier alpha value is -2.25. The topological polar surface area (TPSA) is 46.9 Å². The number of amides is 1. The maximum atomic E-state index is 13.4. The molecule has 132 valence electrons. The maximum absolute atomic E-state index is 13.4. The lowest BCUT2D eigenvalue weighted by molar-refractivity contribution is 0.101. The Morgan fingerprint density at radius 1 is 1.19 bits per heavy atom. The van der Waals surface area contributed by atoms with Gasteiger partial charge in [0.25, 0.3) is 5.91 Å². The molecule has 3 aromatic heterocycles. The molecule has 0 atom stereocenters. The molecule has 1 N–H and O–H groups in total. The number of anilines is 1. The molecule has 1 amide bonds. The number of fused-ring (bicyclic) bond motifs is 2. The van der Waals surface area contributed by atoms with E-state index in [-0.39, 0.29) is 11.7 Å². The fourth-order valence-corrected chi connectivity index (χ4v) is 5.48. The van der Waals surface area contributed by atoms with Gasteiger partial charge in [-0.15, -0.1) is 11.3 Å². The Bertz CT molecular complexity index is 1120. The molecule has 1 aromatic carbocycles. The fourth-order valence-electron chi connectivity index (χ4n) is 3.79. The Kier molecular flexibility index (Phi) is 3.79. The van der Waals surface area contributed by atoms with Crippen molar-refractivity contribution in [3.8, 4) is 0 Å². The molecule has 0 aliphatic heterocycles. The molecule has 7 heteroatoms. The van der Waals surface area contributed by atoms with Gasteiger partial charge < -0.3 is 4.57 Å². The first-order chi connectivity index (χ1) is 12.7. The van der Waals surface area contributed by atoms with Crippen LogP contribution in [0.4, 0.5) is 9.52 Å². The zero-order valence-electron chi connectivity index (χ0n) is 13.9. The van der Waals surface area contributed by atoms with Gasteiger partial charge in [0.1, 0.15) is 11.5 Å². The minimum atomic E-state index is -0.297.